The Kier molecular flexibility index (Phi) is 37.9. The van der Waals surface area contributed by atoms with Crippen molar-refractivity contribution in [1.82, 2.24) is 48.8 Å². The lowest BCUT2D eigenvalue weighted by Gasteiger charge is -2.37. The van der Waals surface area contributed by atoms with Crippen LogP contribution in [0.3, 0.4) is 0 Å². The summed E-state index contributed by atoms with van der Waals surface area (Å²) in [6, 6.07) is 52.5. The van der Waals surface area contributed by atoms with Gasteiger partial charge in [-0.2, -0.15) is 25.4 Å². The molecule has 0 unspecified atom stereocenters. The molecule has 29 nitrogen and oxygen atoms in total. The number of benzene rings is 7. The van der Waals surface area contributed by atoms with E-state index in [9.17, 15) is 72.0 Å². The van der Waals surface area contributed by atoms with Crippen molar-refractivity contribution in [3.8, 4) is 29.1 Å². The molecule has 33 heteroatoms. The second-order valence-corrected chi connectivity index (χ2v) is 44.0. The maximum Gasteiger partial charge on any atom is 0.303 e. The van der Waals surface area contributed by atoms with Crippen LogP contribution in [0.25, 0.3) is 22.3 Å². The zero-order valence-corrected chi connectivity index (χ0v) is 84.8. The molecule has 0 spiro atoms. The van der Waals surface area contributed by atoms with Crippen molar-refractivity contribution in [1.29, 1.82) is 0 Å². The number of carbonyl (C=O) groups is 8. The molecule has 0 radical (unpaired) electrons. The Morgan fingerprint density at radius 2 is 0.642 bits per heavy atom. The zero-order valence-electron chi connectivity index (χ0n) is 81.6. The first-order chi connectivity index (χ1) is 64.6. The summed E-state index contributed by atoms with van der Waals surface area (Å²) in [5, 5.41) is 11.1. The molecule has 5 aliphatic rings. The molecule has 0 aromatic heterocycles. The minimum Gasteiger partial charge on any atom is -0.494 e. The predicted octanol–water partition coefficient (Wildman–Crippen LogP) is 14.4. The molecule has 1 saturated carbocycles. The molecule has 4 heterocycles. The van der Waals surface area contributed by atoms with Crippen LogP contribution in [0, 0.1) is 39.5 Å². The number of nitrogens with one attached hydrogen (secondary N) is 8. The van der Waals surface area contributed by atoms with Gasteiger partial charge in [-0.15, -0.1) is 5.92 Å². The molecule has 12 rings (SSSR count). The molecule has 8 amide bonds. The van der Waals surface area contributed by atoms with E-state index in [1.807, 2.05) is 239 Å². The van der Waals surface area contributed by atoms with Crippen LogP contribution < -0.4 is 54.4 Å². The highest BCUT2D eigenvalue weighted by Crippen LogP contribution is 2.44. The lowest BCUT2D eigenvalue weighted by atomic mass is 9.78. The van der Waals surface area contributed by atoms with Crippen LogP contribution >= 0.6 is 0 Å². The number of hydrogen-bond acceptors (Lipinski definition) is 19. The van der Waals surface area contributed by atoms with Crippen molar-refractivity contribution < 1.29 is 86.2 Å². The highest BCUT2D eigenvalue weighted by molar-refractivity contribution is 7.91. The smallest absolute Gasteiger partial charge is 0.303 e. The number of unbranched alkanes of at least 4 members (excludes halogenated alkanes) is 9. The molecule has 736 valence electrons. The van der Waals surface area contributed by atoms with Crippen molar-refractivity contribution in [2.24, 2.45) is 0 Å². The molecule has 8 N–H and O–H groups in total. The topological polar surface area (TPSA) is 404 Å². The summed E-state index contributed by atoms with van der Waals surface area (Å²) in [5.74, 6) is 2.39. The first kappa shape index (κ1) is 109. The minimum atomic E-state index is -4.08. The number of hydrogen-bond donors (Lipinski definition) is 8. The Balaban J connectivity index is 0.000000205. The van der Waals surface area contributed by atoms with Gasteiger partial charge in [0.05, 0.1) is 47.9 Å². The van der Waals surface area contributed by atoms with E-state index in [1.165, 1.54) is 47.5 Å². The number of amides is 8. The summed E-state index contributed by atoms with van der Waals surface area (Å²) in [5.41, 5.74) is 7.40. The maximum absolute atomic E-state index is 13.4. The van der Waals surface area contributed by atoms with E-state index < -0.39 is 115 Å². The van der Waals surface area contributed by atoms with Gasteiger partial charge in [-0.05, 0) is 192 Å². The third-order valence-electron chi connectivity index (χ3n) is 24.0. The first-order valence-corrected chi connectivity index (χ1v) is 52.7. The van der Waals surface area contributed by atoms with Gasteiger partial charge in [-0.1, -0.05) is 241 Å². The average molecular weight is 1950 g/mol. The Labute approximate surface area is 808 Å². The molecule has 4 atom stereocenters. The molecular weight excluding hydrogens is 1820 g/mol. The maximum atomic E-state index is 13.4. The second-order valence-electron chi connectivity index (χ2n) is 36.5. The van der Waals surface area contributed by atoms with Gasteiger partial charge in [-0.3, -0.25) is 38.4 Å². The molecule has 4 aliphatic heterocycles. The van der Waals surface area contributed by atoms with Gasteiger partial charge in [-0.25, -0.2) is 35.7 Å². The number of nitrogens with zero attached hydrogens (tertiary/aromatic N) is 2. The van der Waals surface area contributed by atoms with Crippen LogP contribution in [0.1, 0.15) is 239 Å². The van der Waals surface area contributed by atoms with Crippen LogP contribution in [-0.2, 0) is 95.4 Å². The summed E-state index contributed by atoms with van der Waals surface area (Å²) in [6.45, 7) is 25.8. The molecule has 137 heavy (non-hydrogen) atoms. The zero-order chi connectivity index (χ0) is 101. The largest absolute Gasteiger partial charge is 0.494 e. The fourth-order valence-electron chi connectivity index (χ4n) is 15.7. The van der Waals surface area contributed by atoms with Gasteiger partial charge in [0.25, 0.3) is 47.3 Å². The number of sulfonamides is 2. The highest BCUT2D eigenvalue weighted by atomic mass is 32.2. The number of aryl methyl sites for hydroxylation is 4. The first-order valence-electron chi connectivity index (χ1n) is 46.4. The van der Waals surface area contributed by atoms with Crippen molar-refractivity contribution in [2.45, 2.75) is 232 Å². The van der Waals surface area contributed by atoms with E-state index in [0.717, 1.165) is 141 Å². The molecule has 0 bridgehead atoms. The standard InChI is InChI=1S/C28H37N3O5S.C26H33N3O5S.C25H30N2O5S.C25H32N2O4S/c1-6-7-8-9-18-36-23-16-14-22(15-17-23)28(3)19-24(21-12-10-20(2)11-13-21)25(26(32)29-28)27(33)30-37(34,35)31(4)5;1-6-7-16-34-21-14-12-20(13-15-21)26(3)17-22(19-10-8-18(2)9-11-19)23(24(30)27-26)25(31)28-35(32,33)29(4)5;1-5-6-15-32-20-13-11-19(12-14-20)25(3)16-21(18-9-7-17(2)8-10-18)22(23(28)26-25)24(29)27-33(4,30)31;1-4-5-6-7-8-9-16-25(3)17-21(19-12-10-18(2)11-13-19)22(23(28)26-25)24(29)27-32(30,31)20-14-15-20/h10-17H,6-9,18-19H2,1-5H3,(H,29,32)(H,30,33);8-15H,6-7,16-17H2,1-5H3,(H,27,30)(H,28,31);7-14H,5-6,15-16H2,1-4H3,(H,26,28)(H,27,29);10-13,20H,4-8,14-15,17H2,1-3H3,(H,26,28)(H,27,29)/t28-;26-;2*25-/m0001/s1. The molecule has 1 aliphatic carbocycles. The van der Waals surface area contributed by atoms with Gasteiger partial charge in [0, 0.05) is 60.3 Å². The average Bonchev–Trinajstić information content (AvgIpc) is 1.61. The second kappa shape index (κ2) is 47.8. The van der Waals surface area contributed by atoms with Crippen molar-refractivity contribution in [2.75, 3.05) is 54.3 Å². The molecule has 7 aromatic rings. The van der Waals surface area contributed by atoms with Gasteiger partial charge in [0.1, 0.15) is 45.1 Å². The lowest BCUT2D eigenvalue weighted by molar-refractivity contribution is -0.126. The molecule has 1 fully saturated rings. The monoisotopic (exact) mass is 1950 g/mol. The lowest BCUT2D eigenvalue weighted by Crippen LogP contribution is -2.52. The Morgan fingerprint density at radius 3 is 0.934 bits per heavy atom. The summed E-state index contributed by atoms with van der Waals surface area (Å²) >= 11 is 0. The predicted molar refractivity (Wildman–Crippen MR) is 535 cm³/mol. The number of rotatable bonds is 36. The number of ether oxygens (including phenoxy) is 3. The quantitative estimate of drug-likeness (QED) is 0.0103. The van der Waals surface area contributed by atoms with Crippen LogP contribution in [-0.4, -0.2) is 155 Å². The third kappa shape index (κ3) is 30.2. The van der Waals surface area contributed by atoms with E-state index in [1.54, 1.807) is 0 Å². The van der Waals surface area contributed by atoms with Gasteiger partial charge < -0.3 is 35.5 Å². The van der Waals surface area contributed by atoms with E-state index in [4.69, 9.17) is 14.2 Å². The SMILES string of the molecule is CCCCCCC#C[C@]1(C)CC(c2ccc(C)cc2)=C(C(=O)NS(=O)(=O)C2CC2)C(=O)N1.CCCCCCOc1ccc([C@]2(C)CC(c3ccc(C)cc3)=C(C(=O)NS(=O)(=O)N(C)C)C(=O)N2)cc1.CCCCOc1ccc([C@]2(C)CC(c3ccc(C)cc3)=C(C(=O)NS(=O)(=O)N(C)C)C(=O)N2)cc1.CCCCOc1ccc([C@]2(C)CC(c3ccc(C)cc3)=C(C(=O)NS(C)(=O)=O)C(=O)N2)cc1. The fraction of sp³-hybridized carbons (Fsp3) is 0.423. The highest BCUT2D eigenvalue weighted by Gasteiger charge is 2.46. The van der Waals surface area contributed by atoms with E-state index in [2.05, 4.69) is 65.5 Å². The molecular formula is C104H132N10O19S4. The van der Waals surface area contributed by atoms with Gasteiger partial charge in [0.2, 0.25) is 20.0 Å². The summed E-state index contributed by atoms with van der Waals surface area (Å²) in [4.78, 5) is 105. The van der Waals surface area contributed by atoms with Crippen LogP contribution in [0.2, 0.25) is 0 Å². The van der Waals surface area contributed by atoms with Crippen molar-refractivity contribution >= 4 is 110 Å². The van der Waals surface area contributed by atoms with Gasteiger partial charge >= 0.3 is 20.4 Å². The molecule has 7 aromatic carbocycles. The minimum absolute atomic E-state index is 0.153. The Morgan fingerprint density at radius 1 is 0.365 bits per heavy atom. The third-order valence-corrected chi connectivity index (χ3v) is 29.2. The van der Waals surface area contributed by atoms with Crippen LogP contribution in [0.4, 0.5) is 0 Å². The Bertz CT molecular complexity index is 6230. The van der Waals surface area contributed by atoms with Crippen LogP contribution in [0.5, 0.6) is 17.2 Å². The molecule has 0 saturated heterocycles. The summed E-state index contributed by atoms with van der Waals surface area (Å²) < 4.78 is 124. The number of carbonyl (C=O) groups excluding carboxylic acids is 8. The van der Waals surface area contributed by atoms with Crippen LogP contribution in [0.15, 0.2) is 192 Å². The summed E-state index contributed by atoms with van der Waals surface area (Å²) in [7, 11) is -10.5. The van der Waals surface area contributed by atoms with Crippen molar-refractivity contribution in [3.63, 3.8) is 0 Å². The van der Waals surface area contributed by atoms with E-state index in [-0.39, 0.29) is 22.3 Å². The van der Waals surface area contributed by atoms with E-state index in [0.29, 0.717) is 97.3 Å². The summed E-state index contributed by atoms with van der Waals surface area (Å²) in [6.07, 6.45) is 16.9. The normalized spacial score (nSPS) is 18.9. The van der Waals surface area contributed by atoms with Crippen molar-refractivity contribution in [3.05, 3.63) is 253 Å². The van der Waals surface area contributed by atoms with Gasteiger partial charge in [0.15, 0.2) is 0 Å². The van der Waals surface area contributed by atoms with E-state index >= 15 is 0 Å². The fourth-order valence-corrected chi connectivity index (χ4v) is 18.5. The Hall–Kier alpha value is -12.1.